The van der Waals surface area contributed by atoms with Crippen molar-refractivity contribution in [2.75, 3.05) is 6.54 Å². The average Bonchev–Trinajstić information content (AvgIpc) is 2.72. The van der Waals surface area contributed by atoms with Gasteiger partial charge in [0.2, 0.25) is 5.91 Å². The molecule has 5 nitrogen and oxygen atoms in total. The molecule has 2 amide bonds. The van der Waals surface area contributed by atoms with Gasteiger partial charge >= 0.3 is 6.09 Å². The summed E-state index contributed by atoms with van der Waals surface area (Å²) in [5.41, 5.74) is 0.594. The molecule has 2 unspecified atom stereocenters. The van der Waals surface area contributed by atoms with Crippen LogP contribution in [-0.4, -0.2) is 35.1 Å². The van der Waals surface area contributed by atoms with Crippen molar-refractivity contribution in [3.05, 3.63) is 35.9 Å². The monoisotopic (exact) mass is 400 g/mol. The van der Waals surface area contributed by atoms with Gasteiger partial charge in [-0.25, -0.2) is 4.79 Å². The largest absolute Gasteiger partial charge is 0.444 e. The van der Waals surface area contributed by atoms with Crippen LogP contribution in [0.1, 0.15) is 83.7 Å². The zero-order valence-corrected chi connectivity index (χ0v) is 18.2. The minimum Gasteiger partial charge on any atom is -0.444 e. The van der Waals surface area contributed by atoms with Crippen LogP contribution in [0.4, 0.5) is 4.79 Å². The topological polar surface area (TPSA) is 58.6 Å². The minimum absolute atomic E-state index is 0.00594. The normalized spacial score (nSPS) is 22.0. The van der Waals surface area contributed by atoms with Crippen LogP contribution in [0.3, 0.4) is 0 Å². The highest BCUT2D eigenvalue weighted by atomic mass is 16.6. The Kier molecular flexibility index (Phi) is 7.20. The number of piperidine rings is 1. The van der Waals surface area contributed by atoms with Crippen LogP contribution in [0.15, 0.2) is 30.3 Å². The summed E-state index contributed by atoms with van der Waals surface area (Å²) < 4.78 is 5.57. The number of carbonyl (C=O) groups is 2. The predicted octanol–water partition coefficient (Wildman–Crippen LogP) is 5.21. The van der Waals surface area contributed by atoms with Gasteiger partial charge in [0, 0.05) is 6.54 Å². The van der Waals surface area contributed by atoms with E-state index >= 15 is 0 Å². The number of benzene rings is 1. The van der Waals surface area contributed by atoms with Crippen LogP contribution < -0.4 is 5.32 Å². The summed E-state index contributed by atoms with van der Waals surface area (Å²) >= 11 is 0. The summed E-state index contributed by atoms with van der Waals surface area (Å²) in [5.74, 6) is 0.406. The zero-order valence-electron chi connectivity index (χ0n) is 18.2. The number of hydrogen-bond acceptors (Lipinski definition) is 3. The van der Waals surface area contributed by atoms with E-state index in [0.29, 0.717) is 18.9 Å². The van der Waals surface area contributed by atoms with E-state index in [-0.39, 0.29) is 18.0 Å². The van der Waals surface area contributed by atoms with Crippen molar-refractivity contribution in [1.29, 1.82) is 0 Å². The third-order valence-electron chi connectivity index (χ3n) is 6.01. The molecule has 1 aliphatic carbocycles. The van der Waals surface area contributed by atoms with Crippen molar-refractivity contribution in [2.24, 2.45) is 5.92 Å². The molecule has 5 heteroatoms. The molecule has 0 radical (unpaired) electrons. The first-order valence-electron chi connectivity index (χ1n) is 11.2. The molecule has 1 aromatic rings. The third-order valence-corrected chi connectivity index (χ3v) is 6.01. The second-order valence-corrected chi connectivity index (χ2v) is 9.48. The van der Waals surface area contributed by atoms with E-state index in [1.807, 2.05) is 39.0 Å². The Morgan fingerprint density at radius 3 is 2.31 bits per heavy atom. The zero-order chi connectivity index (χ0) is 20.9. The van der Waals surface area contributed by atoms with Gasteiger partial charge in [-0.3, -0.25) is 9.69 Å². The molecule has 0 aromatic heterocycles. The van der Waals surface area contributed by atoms with Crippen LogP contribution in [0.5, 0.6) is 0 Å². The second kappa shape index (κ2) is 9.64. The molecule has 0 bridgehead atoms. The van der Waals surface area contributed by atoms with Gasteiger partial charge in [-0.2, -0.15) is 0 Å². The number of hydrogen-bond donors (Lipinski definition) is 1. The highest BCUT2D eigenvalue weighted by Gasteiger charge is 2.37. The van der Waals surface area contributed by atoms with E-state index in [2.05, 4.69) is 17.4 Å². The molecule has 1 saturated carbocycles. The summed E-state index contributed by atoms with van der Waals surface area (Å²) in [5, 5.41) is 3.33. The Hall–Kier alpha value is -2.04. The first kappa shape index (κ1) is 21.7. The van der Waals surface area contributed by atoms with Gasteiger partial charge in [0.15, 0.2) is 0 Å². The van der Waals surface area contributed by atoms with Crippen molar-refractivity contribution in [2.45, 2.75) is 89.8 Å². The maximum atomic E-state index is 13.3. The summed E-state index contributed by atoms with van der Waals surface area (Å²) in [6.07, 6.45) is 8.17. The van der Waals surface area contributed by atoms with Crippen molar-refractivity contribution < 1.29 is 14.3 Å². The Labute approximate surface area is 175 Å². The number of nitrogens with one attached hydrogen (secondary N) is 1. The molecule has 1 aromatic carbocycles. The van der Waals surface area contributed by atoms with Crippen LogP contribution in [0.2, 0.25) is 0 Å². The van der Waals surface area contributed by atoms with E-state index in [9.17, 15) is 9.59 Å². The lowest BCUT2D eigenvalue weighted by atomic mass is 9.81. The predicted molar refractivity (Wildman–Crippen MR) is 114 cm³/mol. The molecule has 3 rings (SSSR count). The first-order valence-corrected chi connectivity index (χ1v) is 11.2. The lowest BCUT2D eigenvalue weighted by Gasteiger charge is -2.38. The van der Waals surface area contributed by atoms with E-state index in [4.69, 9.17) is 4.74 Å². The number of likely N-dealkylation sites (tertiary alicyclic amines) is 1. The number of nitrogens with zero attached hydrogens (tertiary/aromatic N) is 1. The smallest absolute Gasteiger partial charge is 0.410 e. The molecule has 1 aliphatic heterocycles. The van der Waals surface area contributed by atoms with Crippen LogP contribution in [0.25, 0.3) is 0 Å². The lowest BCUT2D eigenvalue weighted by Crippen LogP contribution is -2.54. The number of ether oxygens (including phenoxy) is 1. The number of rotatable bonds is 4. The lowest BCUT2D eigenvalue weighted by molar-refractivity contribution is -0.128. The van der Waals surface area contributed by atoms with Gasteiger partial charge < -0.3 is 10.1 Å². The summed E-state index contributed by atoms with van der Waals surface area (Å²) in [7, 11) is 0. The van der Waals surface area contributed by atoms with Crippen molar-refractivity contribution in [3.8, 4) is 0 Å². The maximum absolute atomic E-state index is 13.3. The van der Waals surface area contributed by atoms with Crippen LogP contribution in [-0.2, 0) is 9.53 Å². The molecular weight excluding hydrogens is 364 g/mol. The van der Waals surface area contributed by atoms with Gasteiger partial charge in [-0.1, -0.05) is 49.6 Å². The molecule has 2 atom stereocenters. The highest BCUT2D eigenvalue weighted by molar-refractivity contribution is 5.86. The summed E-state index contributed by atoms with van der Waals surface area (Å²) in [4.78, 5) is 27.7. The molecule has 2 fully saturated rings. The fraction of sp³-hybridized carbons (Fsp3) is 0.667. The van der Waals surface area contributed by atoms with Gasteiger partial charge in [-0.15, -0.1) is 0 Å². The average molecular weight is 401 g/mol. The van der Waals surface area contributed by atoms with Crippen LogP contribution in [0, 0.1) is 5.92 Å². The second-order valence-electron chi connectivity index (χ2n) is 9.48. The Balaban J connectivity index is 1.75. The van der Waals surface area contributed by atoms with Gasteiger partial charge in [0.25, 0.3) is 0 Å². The maximum Gasteiger partial charge on any atom is 0.410 e. The molecule has 1 saturated heterocycles. The fourth-order valence-electron chi connectivity index (χ4n) is 4.59. The van der Waals surface area contributed by atoms with Gasteiger partial charge in [-0.05, 0) is 64.4 Å². The first-order chi connectivity index (χ1) is 13.8. The Morgan fingerprint density at radius 1 is 1.00 bits per heavy atom. The van der Waals surface area contributed by atoms with Crippen LogP contribution >= 0.6 is 0 Å². The standard InChI is InChI=1S/C24H36N2O3/c1-24(2,3)29-23(28)26-17-11-10-16-20(26)22(27)25-21(18-12-6-4-7-13-18)19-14-8-5-9-15-19/h4,6-7,12-13,19-21H,5,8-11,14-17H2,1-3H3,(H,25,27). The molecule has 2 aliphatic rings. The number of carbonyl (C=O) groups excluding carboxylic acids is 2. The molecule has 1 N–H and O–H groups in total. The molecule has 0 spiro atoms. The van der Waals surface area contributed by atoms with Gasteiger partial charge in [0.05, 0.1) is 6.04 Å². The number of amides is 2. The highest BCUT2D eigenvalue weighted by Crippen LogP contribution is 2.35. The minimum atomic E-state index is -0.565. The summed E-state index contributed by atoms with van der Waals surface area (Å²) in [6, 6.07) is 9.84. The van der Waals surface area contributed by atoms with Crippen molar-refractivity contribution >= 4 is 12.0 Å². The molecular formula is C24H36N2O3. The quantitative estimate of drug-likeness (QED) is 0.754. The van der Waals surface area contributed by atoms with Crippen molar-refractivity contribution in [1.82, 2.24) is 10.2 Å². The van der Waals surface area contributed by atoms with E-state index in [1.54, 1.807) is 4.90 Å². The van der Waals surface area contributed by atoms with E-state index in [0.717, 1.165) is 31.2 Å². The van der Waals surface area contributed by atoms with E-state index < -0.39 is 11.6 Å². The third kappa shape index (κ3) is 5.97. The summed E-state index contributed by atoms with van der Waals surface area (Å²) in [6.45, 7) is 6.15. The Bertz CT molecular complexity index is 677. The Morgan fingerprint density at radius 2 is 1.66 bits per heavy atom. The SMILES string of the molecule is CC(C)(C)OC(=O)N1CCCCC1C(=O)NC(c1ccccc1)C1CCCCC1. The molecule has 1 heterocycles. The van der Waals surface area contributed by atoms with Gasteiger partial charge in [0.1, 0.15) is 11.6 Å². The molecule has 160 valence electrons. The van der Waals surface area contributed by atoms with Crippen molar-refractivity contribution in [3.63, 3.8) is 0 Å². The molecule has 29 heavy (non-hydrogen) atoms. The fourth-order valence-corrected chi connectivity index (χ4v) is 4.59. The van der Waals surface area contributed by atoms with E-state index in [1.165, 1.54) is 19.3 Å².